The minimum absolute atomic E-state index is 0.0623. The van der Waals surface area contributed by atoms with E-state index >= 15 is 0 Å². The number of aromatic nitrogens is 2. The van der Waals surface area contributed by atoms with Crippen molar-refractivity contribution in [3.05, 3.63) is 11.8 Å². The first-order valence-corrected chi connectivity index (χ1v) is 10.1. The smallest absolute Gasteiger partial charge is 0.243 e. The summed E-state index contributed by atoms with van der Waals surface area (Å²) in [6.07, 6.45) is 0.595. The van der Waals surface area contributed by atoms with Gasteiger partial charge in [-0.25, -0.2) is 4.98 Å². The van der Waals surface area contributed by atoms with Crippen LogP contribution in [0.5, 0.6) is 0 Å². The molecular weight excluding hydrogens is 390 g/mol. The van der Waals surface area contributed by atoms with Crippen LogP contribution < -0.4 is 26.6 Å². The maximum atomic E-state index is 12.5. The molecule has 1 aromatic heterocycles. The molecule has 1 aliphatic rings. The molecule has 30 heavy (non-hydrogen) atoms. The number of nitrogens with zero attached hydrogens (tertiary/aromatic N) is 2. The van der Waals surface area contributed by atoms with Gasteiger partial charge >= 0.3 is 0 Å². The number of hydrogen-bond acceptors (Lipinski definition) is 8. The van der Waals surface area contributed by atoms with Crippen LogP contribution in [0.25, 0.3) is 0 Å². The molecule has 2 atom stereocenters. The molecule has 11 nitrogen and oxygen atoms in total. The fourth-order valence-electron chi connectivity index (χ4n) is 2.88. The fourth-order valence-corrected chi connectivity index (χ4v) is 2.88. The molecule has 0 saturated carbocycles. The van der Waals surface area contributed by atoms with Gasteiger partial charge in [0.2, 0.25) is 23.7 Å². The second kappa shape index (κ2) is 11.3. The number of fused-ring (bicyclic) bond motifs is 2. The Morgan fingerprint density at radius 3 is 2.53 bits per heavy atom. The van der Waals surface area contributed by atoms with E-state index in [1.807, 2.05) is 13.8 Å². The van der Waals surface area contributed by atoms with E-state index < -0.39 is 18.0 Å². The molecule has 1 aliphatic heterocycles. The van der Waals surface area contributed by atoms with Crippen LogP contribution in [0.2, 0.25) is 0 Å². The van der Waals surface area contributed by atoms with E-state index in [0.29, 0.717) is 43.5 Å². The van der Waals surface area contributed by atoms with Crippen LogP contribution in [0.15, 0.2) is 6.07 Å². The Hall–Kier alpha value is -2.95. The standard InChI is InChI=1S/C19H31N7O4/c1-11(2)16-18(30)23-12(3)17(29)21-6-4-13-10-14(20-7-5-15(28)26-16)25-19(24-13)22-8-9-27/h10-12,16,27H,4-9H2,1-3H3,(H,21,29)(H,23,30)(H,26,28)(H2,20,22,24,25)/t12-,16+/m0/s1. The van der Waals surface area contributed by atoms with Crippen molar-refractivity contribution in [2.45, 2.75) is 45.7 Å². The van der Waals surface area contributed by atoms with E-state index in [2.05, 4.69) is 36.6 Å². The van der Waals surface area contributed by atoms with Crippen LogP contribution in [0.1, 0.15) is 32.9 Å². The number of anilines is 2. The van der Waals surface area contributed by atoms with Crippen LogP contribution in [0.3, 0.4) is 0 Å². The molecule has 0 saturated heterocycles. The summed E-state index contributed by atoms with van der Waals surface area (Å²) < 4.78 is 0. The number of amides is 3. The van der Waals surface area contributed by atoms with Gasteiger partial charge in [-0.05, 0) is 12.8 Å². The molecule has 0 aliphatic carbocycles. The lowest BCUT2D eigenvalue weighted by atomic mass is 10.0. The van der Waals surface area contributed by atoms with Gasteiger partial charge in [-0.2, -0.15) is 4.98 Å². The average Bonchev–Trinajstić information content (AvgIpc) is 2.69. The summed E-state index contributed by atoms with van der Waals surface area (Å²) in [4.78, 5) is 45.9. The topological polar surface area (TPSA) is 157 Å². The lowest BCUT2D eigenvalue weighted by Crippen LogP contribution is -2.54. The van der Waals surface area contributed by atoms with Gasteiger partial charge in [-0.15, -0.1) is 0 Å². The Balaban J connectivity index is 2.20. The quantitative estimate of drug-likeness (QED) is 0.361. The third-order valence-electron chi connectivity index (χ3n) is 4.53. The number of carbonyl (C=O) groups excluding carboxylic acids is 3. The van der Waals surface area contributed by atoms with E-state index in [1.54, 1.807) is 13.0 Å². The Morgan fingerprint density at radius 1 is 1.10 bits per heavy atom. The molecule has 0 radical (unpaired) electrons. The molecular formula is C19H31N7O4. The van der Waals surface area contributed by atoms with Gasteiger partial charge < -0.3 is 31.7 Å². The summed E-state index contributed by atoms with van der Waals surface area (Å²) >= 11 is 0. The van der Waals surface area contributed by atoms with E-state index in [4.69, 9.17) is 5.11 Å². The van der Waals surface area contributed by atoms with E-state index in [-0.39, 0.29) is 30.8 Å². The van der Waals surface area contributed by atoms with Crippen LogP contribution in [0.4, 0.5) is 11.8 Å². The molecule has 2 rings (SSSR count). The van der Waals surface area contributed by atoms with Crippen molar-refractivity contribution in [3.8, 4) is 0 Å². The SMILES string of the molecule is CC(C)[C@H]1NC(=O)CCNc2cc(nc(NCCO)n2)CCNC(=O)[C@H](C)NC1=O. The highest BCUT2D eigenvalue weighted by atomic mass is 16.3. The normalized spacial score (nSPS) is 21.3. The van der Waals surface area contributed by atoms with Gasteiger partial charge in [0.25, 0.3) is 0 Å². The predicted octanol–water partition coefficient (Wildman–Crippen LogP) is -0.999. The van der Waals surface area contributed by atoms with Crippen molar-refractivity contribution in [2.24, 2.45) is 5.92 Å². The van der Waals surface area contributed by atoms with Crippen molar-refractivity contribution >= 4 is 29.5 Å². The van der Waals surface area contributed by atoms with Gasteiger partial charge in [-0.3, -0.25) is 14.4 Å². The lowest BCUT2D eigenvalue weighted by Gasteiger charge is -2.24. The number of hydrogen-bond donors (Lipinski definition) is 6. The van der Waals surface area contributed by atoms with Crippen LogP contribution in [0, 0.1) is 5.92 Å². The van der Waals surface area contributed by atoms with Gasteiger partial charge in [0.1, 0.15) is 17.9 Å². The summed E-state index contributed by atoms with van der Waals surface area (Å²) in [5.74, 6) is -0.266. The minimum atomic E-state index is -0.743. The molecule has 0 aromatic carbocycles. The average molecular weight is 422 g/mol. The molecule has 0 spiro atoms. The third kappa shape index (κ3) is 7.14. The first-order valence-electron chi connectivity index (χ1n) is 10.1. The fraction of sp³-hybridized carbons (Fsp3) is 0.632. The van der Waals surface area contributed by atoms with Crippen LogP contribution in [-0.2, 0) is 20.8 Å². The summed E-state index contributed by atoms with van der Waals surface area (Å²) in [5, 5.41) is 23.2. The van der Waals surface area contributed by atoms with Crippen molar-refractivity contribution in [3.63, 3.8) is 0 Å². The van der Waals surface area contributed by atoms with Crippen LogP contribution >= 0.6 is 0 Å². The lowest BCUT2D eigenvalue weighted by molar-refractivity contribution is -0.132. The van der Waals surface area contributed by atoms with Crippen molar-refractivity contribution < 1.29 is 19.5 Å². The maximum Gasteiger partial charge on any atom is 0.243 e. The Morgan fingerprint density at radius 2 is 1.83 bits per heavy atom. The second-order valence-corrected chi connectivity index (χ2v) is 7.46. The predicted molar refractivity (Wildman–Crippen MR) is 112 cm³/mol. The molecule has 6 N–H and O–H groups in total. The summed E-state index contributed by atoms with van der Waals surface area (Å²) in [6.45, 7) is 6.15. The maximum absolute atomic E-state index is 12.5. The first-order chi connectivity index (χ1) is 14.3. The van der Waals surface area contributed by atoms with Crippen LogP contribution in [-0.4, -0.2) is 71.1 Å². The monoisotopic (exact) mass is 421 g/mol. The number of aliphatic hydroxyl groups excluding tert-OH is 1. The number of rotatable bonds is 4. The summed E-state index contributed by atoms with van der Waals surface area (Å²) in [7, 11) is 0. The Labute approximate surface area is 175 Å². The highest BCUT2D eigenvalue weighted by molar-refractivity contribution is 5.92. The summed E-state index contributed by atoms with van der Waals surface area (Å²) in [6, 6.07) is 0.274. The first kappa shape index (κ1) is 23.3. The molecule has 166 valence electrons. The molecule has 0 fully saturated rings. The highest BCUT2D eigenvalue weighted by Gasteiger charge is 2.26. The number of aliphatic hydroxyl groups is 1. The molecule has 2 bridgehead atoms. The minimum Gasteiger partial charge on any atom is -0.395 e. The van der Waals surface area contributed by atoms with E-state index in [1.165, 1.54) is 0 Å². The van der Waals surface area contributed by atoms with E-state index in [0.717, 1.165) is 0 Å². The molecule has 1 aromatic rings. The molecule has 11 heteroatoms. The van der Waals surface area contributed by atoms with Crippen molar-refractivity contribution in [1.82, 2.24) is 25.9 Å². The largest absolute Gasteiger partial charge is 0.395 e. The van der Waals surface area contributed by atoms with Crippen molar-refractivity contribution in [1.29, 1.82) is 0 Å². The van der Waals surface area contributed by atoms with E-state index in [9.17, 15) is 14.4 Å². The third-order valence-corrected chi connectivity index (χ3v) is 4.53. The zero-order chi connectivity index (χ0) is 22.1. The van der Waals surface area contributed by atoms with Gasteiger partial charge in [0.05, 0.1) is 6.61 Å². The van der Waals surface area contributed by atoms with Gasteiger partial charge in [0, 0.05) is 44.2 Å². The highest BCUT2D eigenvalue weighted by Crippen LogP contribution is 2.11. The Kier molecular flexibility index (Phi) is 8.78. The van der Waals surface area contributed by atoms with Gasteiger partial charge in [0.15, 0.2) is 0 Å². The zero-order valence-electron chi connectivity index (χ0n) is 17.6. The number of carbonyl (C=O) groups is 3. The van der Waals surface area contributed by atoms with Gasteiger partial charge in [-0.1, -0.05) is 13.8 Å². The molecule has 3 amide bonds. The number of nitrogens with one attached hydrogen (secondary N) is 5. The van der Waals surface area contributed by atoms with Crippen molar-refractivity contribution in [2.75, 3.05) is 36.9 Å². The second-order valence-electron chi connectivity index (χ2n) is 7.46. The molecule has 2 heterocycles. The zero-order valence-corrected chi connectivity index (χ0v) is 17.6. The molecule has 0 unspecified atom stereocenters. The Bertz CT molecular complexity index is 756. The summed E-state index contributed by atoms with van der Waals surface area (Å²) in [5.41, 5.74) is 0.682.